The van der Waals surface area contributed by atoms with Gasteiger partial charge in [-0.25, -0.2) is 0 Å². The minimum Gasteiger partial charge on any atom is -0.489 e. The monoisotopic (exact) mass is 267 g/mol. The molecule has 2 heteroatoms. The van der Waals surface area contributed by atoms with E-state index in [0.29, 0.717) is 12.1 Å². The summed E-state index contributed by atoms with van der Waals surface area (Å²) in [4.78, 5) is 0. The van der Waals surface area contributed by atoms with Gasteiger partial charge in [-0.2, -0.15) is 0 Å². The third kappa shape index (κ3) is 3.61. The maximum absolute atomic E-state index is 5.78. The highest BCUT2D eigenvalue weighted by atomic mass is 16.5. The van der Waals surface area contributed by atoms with Crippen LogP contribution in [-0.2, 0) is 13.2 Å². The van der Waals surface area contributed by atoms with Crippen LogP contribution in [0.25, 0.3) is 0 Å². The minimum absolute atomic E-state index is 0.391. The van der Waals surface area contributed by atoms with Crippen LogP contribution in [0, 0.1) is 0 Å². The van der Waals surface area contributed by atoms with Crippen molar-refractivity contribution in [3.8, 4) is 5.75 Å². The third-order valence-corrected chi connectivity index (χ3v) is 3.89. The van der Waals surface area contributed by atoms with E-state index in [1.165, 1.54) is 24.0 Å². The van der Waals surface area contributed by atoms with Crippen LogP contribution in [0.4, 0.5) is 0 Å². The molecule has 0 unspecified atom stereocenters. The largest absolute Gasteiger partial charge is 0.489 e. The van der Waals surface area contributed by atoms with Crippen LogP contribution in [-0.4, -0.2) is 5.54 Å². The predicted octanol–water partition coefficient (Wildman–Crippen LogP) is 3.91. The maximum atomic E-state index is 5.78. The summed E-state index contributed by atoms with van der Waals surface area (Å²) in [6.07, 6.45) is 2.59. The second kappa shape index (κ2) is 5.68. The molecule has 1 fully saturated rings. The van der Waals surface area contributed by atoms with E-state index in [1.54, 1.807) is 0 Å². The van der Waals surface area contributed by atoms with Gasteiger partial charge in [-0.05, 0) is 43.0 Å². The van der Waals surface area contributed by atoms with E-state index in [1.807, 2.05) is 18.2 Å². The Labute approximate surface area is 120 Å². The molecular formula is C18H21NO. The van der Waals surface area contributed by atoms with Gasteiger partial charge < -0.3 is 10.1 Å². The molecule has 0 aromatic heterocycles. The lowest BCUT2D eigenvalue weighted by Gasteiger charge is -2.12. The van der Waals surface area contributed by atoms with Gasteiger partial charge in [-0.3, -0.25) is 0 Å². The lowest BCUT2D eigenvalue weighted by atomic mass is 10.2. The fraction of sp³-hybridized carbons (Fsp3) is 0.333. The van der Waals surface area contributed by atoms with Gasteiger partial charge in [0.2, 0.25) is 0 Å². The molecule has 2 aromatic carbocycles. The molecule has 0 heterocycles. The first-order valence-corrected chi connectivity index (χ1v) is 7.24. The summed E-state index contributed by atoms with van der Waals surface area (Å²) < 4.78 is 5.78. The molecule has 104 valence electrons. The number of hydrogen-bond acceptors (Lipinski definition) is 2. The Balaban J connectivity index is 1.50. The van der Waals surface area contributed by atoms with E-state index >= 15 is 0 Å². The van der Waals surface area contributed by atoms with Gasteiger partial charge in [-0.15, -0.1) is 0 Å². The quantitative estimate of drug-likeness (QED) is 0.857. The Morgan fingerprint density at radius 3 is 2.30 bits per heavy atom. The highest BCUT2D eigenvalue weighted by Gasteiger charge is 2.36. The highest BCUT2D eigenvalue weighted by Crippen LogP contribution is 2.34. The summed E-state index contributed by atoms with van der Waals surface area (Å²) >= 11 is 0. The van der Waals surface area contributed by atoms with E-state index in [4.69, 9.17) is 4.74 Å². The van der Waals surface area contributed by atoms with Gasteiger partial charge in [0, 0.05) is 12.1 Å². The zero-order chi connectivity index (χ0) is 13.8. The van der Waals surface area contributed by atoms with Gasteiger partial charge in [0.25, 0.3) is 0 Å². The molecule has 0 saturated heterocycles. The molecule has 1 saturated carbocycles. The van der Waals surface area contributed by atoms with Crippen LogP contribution in [0.15, 0.2) is 54.6 Å². The first-order chi connectivity index (χ1) is 9.73. The van der Waals surface area contributed by atoms with Crippen LogP contribution in [0.5, 0.6) is 5.75 Å². The van der Waals surface area contributed by atoms with Crippen molar-refractivity contribution < 1.29 is 4.74 Å². The summed E-state index contributed by atoms with van der Waals surface area (Å²) in [5.74, 6) is 0.926. The van der Waals surface area contributed by atoms with E-state index in [0.717, 1.165) is 12.3 Å². The molecule has 0 amide bonds. The van der Waals surface area contributed by atoms with E-state index in [2.05, 4.69) is 48.6 Å². The van der Waals surface area contributed by atoms with Gasteiger partial charge in [0.15, 0.2) is 0 Å². The maximum Gasteiger partial charge on any atom is 0.119 e. The summed E-state index contributed by atoms with van der Waals surface area (Å²) in [5.41, 5.74) is 2.90. The zero-order valence-electron chi connectivity index (χ0n) is 11.9. The van der Waals surface area contributed by atoms with Crippen molar-refractivity contribution in [1.29, 1.82) is 0 Å². The molecule has 0 radical (unpaired) electrons. The van der Waals surface area contributed by atoms with Crippen molar-refractivity contribution in [2.24, 2.45) is 0 Å². The van der Waals surface area contributed by atoms with Crippen molar-refractivity contribution in [3.63, 3.8) is 0 Å². The molecule has 1 N–H and O–H groups in total. The fourth-order valence-corrected chi connectivity index (χ4v) is 2.12. The molecule has 0 atom stereocenters. The molecule has 0 aliphatic heterocycles. The van der Waals surface area contributed by atoms with Crippen LogP contribution < -0.4 is 10.1 Å². The van der Waals surface area contributed by atoms with Gasteiger partial charge in [0.1, 0.15) is 12.4 Å². The number of ether oxygens (including phenoxy) is 1. The van der Waals surface area contributed by atoms with Gasteiger partial charge in [-0.1, -0.05) is 42.5 Å². The molecule has 1 aliphatic rings. The average Bonchev–Trinajstić information content (AvgIpc) is 3.23. The van der Waals surface area contributed by atoms with Crippen molar-refractivity contribution in [2.45, 2.75) is 38.5 Å². The molecule has 20 heavy (non-hydrogen) atoms. The smallest absolute Gasteiger partial charge is 0.119 e. The lowest BCUT2D eigenvalue weighted by molar-refractivity contribution is 0.306. The Morgan fingerprint density at radius 2 is 1.65 bits per heavy atom. The Hall–Kier alpha value is -1.80. The van der Waals surface area contributed by atoms with Gasteiger partial charge >= 0.3 is 0 Å². The molecule has 0 bridgehead atoms. The molecule has 1 aliphatic carbocycles. The van der Waals surface area contributed by atoms with Crippen LogP contribution >= 0.6 is 0 Å². The van der Waals surface area contributed by atoms with Crippen molar-refractivity contribution in [1.82, 2.24) is 5.32 Å². The number of rotatable bonds is 6. The van der Waals surface area contributed by atoms with Crippen molar-refractivity contribution >= 4 is 0 Å². The summed E-state index contributed by atoms with van der Waals surface area (Å²) in [6.45, 7) is 3.84. The molecule has 0 spiro atoms. The van der Waals surface area contributed by atoms with E-state index in [9.17, 15) is 0 Å². The first-order valence-electron chi connectivity index (χ1n) is 7.24. The Morgan fingerprint density at radius 1 is 0.950 bits per heavy atom. The molecular weight excluding hydrogens is 246 g/mol. The van der Waals surface area contributed by atoms with E-state index < -0.39 is 0 Å². The fourth-order valence-electron chi connectivity index (χ4n) is 2.12. The predicted molar refractivity (Wildman–Crippen MR) is 81.7 cm³/mol. The minimum atomic E-state index is 0.391. The third-order valence-electron chi connectivity index (χ3n) is 3.89. The van der Waals surface area contributed by atoms with Crippen LogP contribution in [0.2, 0.25) is 0 Å². The number of benzene rings is 2. The molecule has 2 aromatic rings. The topological polar surface area (TPSA) is 21.3 Å². The van der Waals surface area contributed by atoms with Crippen LogP contribution in [0.1, 0.15) is 30.9 Å². The van der Waals surface area contributed by atoms with Crippen molar-refractivity contribution in [3.05, 3.63) is 65.7 Å². The second-order valence-electron chi connectivity index (χ2n) is 5.83. The van der Waals surface area contributed by atoms with Crippen LogP contribution in [0.3, 0.4) is 0 Å². The van der Waals surface area contributed by atoms with E-state index in [-0.39, 0.29) is 0 Å². The lowest BCUT2D eigenvalue weighted by Crippen LogP contribution is -2.26. The number of hydrogen-bond donors (Lipinski definition) is 1. The first kappa shape index (κ1) is 13.2. The second-order valence-corrected chi connectivity index (χ2v) is 5.83. The molecule has 2 nitrogen and oxygen atoms in total. The normalized spacial score (nSPS) is 15.8. The summed E-state index contributed by atoms with van der Waals surface area (Å²) in [7, 11) is 0. The zero-order valence-corrected chi connectivity index (χ0v) is 11.9. The summed E-state index contributed by atoms with van der Waals surface area (Å²) in [6, 6.07) is 18.6. The average molecular weight is 267 g/mol. The highest BCUT2D eigenvalue weighted by molar-refractivity contribution is 5.28. The Kier molecular flexibility index (Phi) is 3.75. The summed E-state index contributed by atoms with van der Waals surface area (Å²) in [5, 5.41) is 3.59. The SMILES string of the molecule is CC1(NCc2ccc(OCc3ccccc3)cc2)CC1. The number of nitrogens with one attached hydrogen (secondary N) is 1. The van der Waals surface area contributed by atoms with Gasteiger partial charge in [0.05, 0.1) is 0 Å². The Bertz CT molecular complexity index is 543. The molecule has 3 rings (SSSR count). The standard InChI is InChI=1S/C18H21NO/c1-18(11-12-18)19-13-15-7-9-17(10-8-15)20-14-16-5-3-2-4-6-16/h2-10,19H,11-14H2,1H3. The van der Waals surface area contributed by atoms with Crippen molar-refractivity contribution in [2.75, 3.05) is 0 Å².